The van der Waals surface area contributed by atoms with Crippen molar-refractivity contribution in [3.63, 3.8) is 0 Å². The standard InChI is InChI=1S/C20H23N5O3/c1-14(21-20(27)17-3-2-12-28-17)19-23-22-18-8-9-24(10-11-25(18)19)13-15-4-6-16(26)7-5-15/h2-7,12,14,26H,8-11,13H2,1H3,(H,21,27). The van der Waals surface area contributed by atoms with E-state index in [1.54, 1.807) is 24.3 Å². The van der Waals surface area contributed by atoms with E-state index in [1.165, 1.54) is 6.26 Å². The van der Waals surface area contributed by atoms with E-state index in [0.717, 1.165) is 49.8 Å². The van der Waals surface area contributed by atoms with Gasteiger partial charge in [-0.25, -0.2) is 0 Å². The summed E-state index contributed by atoms with van der Waals surface area (Å²) < 4.78 is 7.25. The van der Waals surface area contributed by atoms with E-state index >= 15 is 0 Å². The number of phenols is 1. The van der Waals surface area contributed by atoms with Gasteiger partial charge in [-0.05, 0) is 36.8 Å². The molecule has 3 aromatic rings. The molecule has 1 amide bonds. The maximum atomic E-state index is 12.2. The highest BCUT2D eigenvalue weighted by molar-refractivity contribution is 5.91. The highest BCUT2D eigenvalue weighted by Gasteiger charge is 2.23. The summed E-state index contributed by atoms with van der Waals surface area (Å²) in [6.45, 7) is 5.22. The van der Waals surface area contributed by atoms with Crippen molar-refractivity contribution in [2.45, 2.75) is 32.5 Å². The fraction of sp³-hybridized carbons (Fsp3) is 0.350. The van der Waals surface area contributed by atoms with Crippen molar-refractivity contribution in [1.29, 1.82) is 0 Å². The fourth-order valence-electron chi connectivity index (χ4n) is 3.47. The molecule has 1 aromatic carbocycles. The Morgan fingerprint density at radius 3 is 2.79 bits per heavy atom. The minimum atomic E-state index is -0.275. The first-order valence-corrected chi connectivity index (χ1v) is 9.37. The monoisotopic (exact) mass is 381 g/mol. The van der Waals surface area contributed by atoms with Crippen molar-refractivity contribution in [2.24, 2.45) is 0 Å². The quantitative estimate of drug-likeness (QED) is 0.703. The van der Waals surface area contributed by atoms with Crippen LogP contribution in [0.25, 0.3) is 0 Å². The fourth-order valence-corrected chi connectivity index (χ4v) is 3.47. The van der Waals surface area contributed by atoms with Gasteiger partial charge in [-0.1, -0.05) is 12.1 Å². The first-order valence-electron chi connectivity index (χ1n) is 9.37. The van der Waals surface area contributed by atoms with Gasteiger partial charge in [0.05, 0.1) is 12.3 Å². The number of aromatic hydroxyl groups is 1. The van der Waals surface area contributed by atoms with E-state index in [1.807, 2.05) is 19.1 Å². The second-order valence-electron chi connectivity index (χ2n) is 6.99. The molecule has 3 heterocycles. The predicted octanol–water partition coefficient (Wildman–Crippen LogP) is 2.13. The molecule has 4 rings (SSSR count). The Morgan fingerprint density at radius 1 is 1.21 bits per heavy atom. The zero-order chi connectivity index (χ0) is 19.5. The third-order valence-corrected chi connectivity index (χ3v) is 4.97. The van der Waals surface area contributed by atoms with Gasteiger partial charge in [-0.3, -0.25) is 9.69 Å². The molecule has 0 aliphatic carbocycles. The van der Waals surface area contributed by atoms with Crippen LogP contribution in [-0.4, -0.2) is 43.8 Å². The van der Waals surface area contributed by atoms with Gasteiger partial charge in [0.2, 0.25) is 0 Å². The van der Waals surface area contributed by atoms with Gasteiger partial charge in [0.15, 0.2) is 11.6 Å². The molecule has 8 nitrogen and oxygen atoms in total. The second-order valence-corrected chi connectivity index (χ2v) is 6.99. The number of aromatic nitrogens is 3. The molecule has 1 aliphatic rings. The number of carbonyl (C=O) groups is 1. The number of carbonyl (C=O) groups excluding carboxylic acids is 1. The summed E-state index contributed by atoms with van der Waals surface area (Å²) in [5.74, 6) is 1.98. The maximum Gasteiger partial charge on any atom is 0.287 e. The van der Waals surface area contributed by atoms with Crippen LogP contribution >= 0.6 is 0 Å². The third-order valence-electron chi connectivity index (χ3n) is 4.97. The molecule has 1 atom stereocenters. The van der Waals surface area contributed by atoms with Crippen molar-refractivity contribution in [2.75, 3.05) is 13.1 Å². The van der Waals surface area contributed by atoms with Crippen LogP contribution in [0.3, 0.4) is 0 Å². The number of amides is 1. The average molecular weight is 381 g/mol. The molecule has 0 spiro atoms. The van der Waals surface area contributed by atoms with Crippen LogP contribution in [0, 0.1) is 0 Å². The maximum absolute atomic E-state index is 12.2. The molecule has 0 fully saturated rings. The molecule has 0 saturated carbocycles. The lowest BCUT2D eigenvalue weighted by Gasteiger charge is -2.20. The smallest absolute Gasteiger partial charge is 0.287 e. The van der Waals surface area contributed by atoms with Crippen LogP contribution < -0.4 is 5.32 Å². The number of nitrogens with zero attached hydrogens (tertiary/aromatic N) is 4. The Bertz CT molecular complexity index is 933. The topological polar surface area (TPSA) is 96.4 Å². The Balaban J connectivity index is 1.41. The molecule has 1 aliphatic heterocycles. The summed E-state index contributed by atoms with van der Waals surface area (Å²) >= 11 is 0. The normalized spacial score (nSPS) is 15.6. The summed E-state index contributed by atoms with van der Waals surface area (Å²) in [4.78, 5) is 14.6. The van der Waals surface area contributed by atoms with Gasteiger partial charge in [-0.15, -0.1) is 10.2 Å². The molecule has 2 N–H and O–H groups in total. The van der Waals surface area contributed by atoms with Crippen molar-refractivity contribution in [1.82, 2.24) is 25.0 Å². The van der Waals surface area contributed by atoms with E-state index < -0.39 is 0 Å². The van der Waals surface area contributed by atoms with Crippen molar-refractivity contribution < 1.29 is 14.3 Å². The van der Waals surface area contributed by atoms with Gasteiger partial charge in [0.1, 0.15) is 11.6 Å². The number of fused-ring (bicyclic) bond motifs is 1. The number of nitrogens with one attached hydrogen (secondary N) is 1. The number of rotatable bonds is 5. The molecular formula is C20H23N5O3. The number of hydrogen-bond acceptors (Lipinski definition) is 6. The molecule has 2 aromatic heterocycles. The summed E-state index contributed by atoms with van der Waals surface area (Å²) in [5, 5.41) is 21.0. The second kappa shape index (κ2) is 7.85. The van der Waals surface area contributed by atoms with Crippen LogP contribution in [0.5, 0.6) is 5.75 Å². The molecule has 0 saturated heterocycles. The molecule has 1 unspecified atom stereocenters. The molecular weight excluding hydrogens is 358 g/mol. The zero-order valence-corrected chi connectivity index (χ0v) is 15.7. The zero-order valence-electron chi connectivity index (χ0n) is 15.7. The summed E-state index contributed by atoms with van der Waals surface area (Å²) in [6.07, 6.45) is 2.27. The van der Waals surface area contributed by atoms with E-state index in [9.17, 15) is 9.90 Å². The number of furan rings is 1. The van der Waals surface area contributed by atoms with Crippen LogP contribution in [0.4, 0.5) is 0 Å². The minimum absolute atomic E-state index is 0.266. The van der Waals surface area contributed by atoms with E-state index in [-0.39, 0.29) is 23.5 Å². The van der Waals surface area contributed by atoms with Gasteiger partial charge >= 0.3 is 0 Å². The number of phenolic OH excluding ortho intramolecular Hbond substituents is 1. The van der Waals surface area contributed by atoms with Crippen LogP contribution in [0.2, 0.25) is 0 Å². The van der Waals surface area contributed by atoms with Crippen molar-refractivity contribution in [3.8, 4) is 5.75 Å². The lowest BCUT2D eigenvalue weighted by molar-refractivity contribution is 0.0909. The first-order chi connectivity index (χ1) is 13.6. The van der Waals surface area contributed by atoms with Gasteiger partial charge < -0.3 is 19.4 Å². The van der Waals surface area contributed by atoms with E-state index in [0.29, 0.717) is 0 Å². The van der Waals surface area contributed by atoms with E-state index in [4.69, 9.17) is 4.42 Å². The molecule has 28 heavy (non-hydrogen) atoms. The van der Waals surface area contributed by atoms with E-state index in [2.05, 4.69) is 25.0 Å². The highest BCUT2D eigenvalue weighted by atomic mass is 16.3. The minimum Gasteiger partial charge on any atom is -0.508 e. The number of benzene rings is 1. The summed E-state index contributed by atoms with van der Waals surface area (Å²) in [6, 6.07) is 10.4. The van der Waals surface area contributed by atoms with Crippen molar-refractivity contribution in [3.05, 3.63) is 65.6 Å². The molecule has 0 bridgehead atoms. The van der Waals surface area contributed by atoms with Crippen molar-refractivity contribution >= 4 is 5.91 Å². The largest absolute Gasteiger partial charge is 0.508 e. The highest BCUT2D eigenvalue weighted by Crippen LogP contribution is 2.18. The van der Waals surface area contributed by atoms with Gasteiger partial charge in [-0.2, -0.15) is 0 Å². The number of hydrogen-bond donors (Lipinski definition) is 2. The Hall–Kier alpha value is -3.13. The molecule has 8 heteroatoms. The third kappa shape index (κ3) is 3.91. The van der Waals surface area contributed by atoms with Crippen LogP contribution in [0.1, 0.15) is 40.7 Å². The Kier molecular flexibility index (Phi) is 5.12. The first kappa shape index (κ1) is 18.2. The lowest BCUT2D eigenvalue weighted by atomic mass is 10.2. The Morgan fingerprint density at radius 2 is 2.04 bits per heavy atom. The lowest BCUT2D eigenvalue weighted by Crippen LogP contribution is -2.30. The SMILES string of the molecule is CC(NC(=O)c1ccco1)c1nnc2n1CCN(Cc1ccc(O)cc1)CC2. The van der Waals surface area contributed by atoms with Gasteiger partial charge in [0, 0.05) is 32.6 Å². The molecule has 146 valence electrons. The summed E-state index contributed by atoms with van der Waals surface area (Å²) in [5.41, 5.74) is 1.16. The average Bonchev–Trinajstić information content (AvgIpc) is 3.32. The predicted molar refractivity (Wildman–Crippen MR) is 102 cm³/mol. The summed E-state index contributed by atoms with van der Waals surface area (Å²) in [7, 11) is 0. The van der Waals surface area contributed by atoms with Crippen LogP contribution in [-0.2, 0) is 19.5 Å². The van der Waals surface area contributed by atoms with Crippen LogP contribution in [0.15, 0.2) is 47.1 Å². The Labute approximate surface area is 162 Å². The van der Waals surface area contributed by atoms with Gasteiger partial charge in [0.25, 0.3) is 5.91 Å². The molecule has 0 radical (unpaired) electrons.